The van der Waals surface area contributed by atoms with Crippen molar-refractivity contribution < 1.29 is 23.7 Å². The van der Waals surface area contributed by atoms with Crippen LogP contribution in [0.5, 0.6) is 11.5 Å². The molecule has 1 heterocycles. The number of fused-ring (bicyclic) bond motifs is 2. The van der Waals surface area contributed by atoms with E-state index in [2.05, 4.69) is 6.58 Å². The van der Waals surface area contributed by atoms with Crippen LogP contribution in [-0.4, -0.2) is 50.0 Å². The van der Waals surface area contributed by atoms with Crippen molar-refractivity contribution in [3.63, 3.8) is 0 Å². The van der Waals surface area contributed by atoms with Crippen molar-refractivity contribution in [3.05, 3.63) is 52.4 Å². The molecular formula is C22H27N2O5P. The van der Waals surface area contributed by atoms with Crippen LogP contribution in [0, 0.1) is 0 Å². The summed E-state index contributed by atoms with van der Waals surface area (Å²) in [6.07, 6.45) is -0.144. The minimum Gasteiger partial charge on any atom is -0.481 e. The van der Waals surface area contributed by atoms with E-state index in [1.54, 1.807) is 20.0 Å². The van der Waals surface area contributed by atoms with Gasteiger partial charge in [-0.1, -0.05) is 12.6 Å². The van der Waals surface area contributed by atoms with Gasteiger partial charge in [-0.2, -0.15) is 0 Å². The number of hydrogen-bond acceptors (Lipinski definition) is 5. The summed E-state index contributed by atoms with van der Waals surface area (Å²) in [4.78, 5) is 13.1. The number of carboxylic acid groups (broad SMARTS) is 1. The molecule has 1 atom stereocenters. The summed E-state index contributed by atoms with van der Waals surface area (Å²) >= 11 is 0. The van der Waals surface area contributed by atoms with E-state index in [1.807, 2.05) is 49.3 Å². The molecule has 30 heavy (non-hydrogen) atoms. The molecule has 0 fully saturated rings. The number of ether oxygens (including phenoxy) is 1. The fraction of sp³-hybridized carbons (Fsp3) is 0.318. The summed E-state index contributed by atoms with van der Waals surface area (Å²) in [6.45, 7) is 6.04. The maximum Gasteiger partial charge on any atom is 0.304 e. The molecule has 0 aromatic heterocycles. The zero-order valence-corrected chi connectivity index (χ0v) is 18.6. The highest BCUT2D eigenvalue weighted by atomic mass is 31.2. The maximum absolute atomic E-state index is 14.3. The van der Waals surface area contributed by atoms with Crippen molar-refractivity contribution in [2.45, 2.75) is 13.3 Å². The van der Waals surface area contributed by atoms with Crippen LogP contribution < -0.4 is 20.1 Å². The molecule has 0 bridgehead atoms. The minimum absolute atomic E-state index is 0.0881. The lowest BCUT2D eigenvalue weighted by Gasteiger charge is -2.32. The van der Waals surface area contributed by atoms with Crippen LogP contribution in [-0.2, 0) is 13.9 Å². The first-order valence-electron chi connectivity index (χ1n) is 9.69. The van der Waals surface area contributed by atoms with Crippen LogP contribution in [0.2, 0.25) is 0 Å². The van der Waals surface area contributed by atoms with Crippen LogP contribution in [0.25, 0.3) is 11.9 Å². The molecule has 2 aromatic rings. The van der Waals surface area contributed by atoms with Crippen LogP contribution in [0.15, 0.2) is 36.4 Å². The Bertz CT molecular complexity index is 1130. The van der Waals surface area contributed by atoms with Gasteiger partial charge in [0.1, 0.15) is 11.5 Å². The van der Waals surface area contributed by atoms with Gasteiger partial charge in [0.25, 0.3) is 0 Å². The maximum atomic E-state index is 14.3. The predicted molar refractivity (Wildman–Crippen MR) is 119 cm³/mol. The lowest BCUT2D eigenvalue weighted by molar-refractivity contribution is -0.137. The van der Waals surface area contributed by atoms with Crippen LogP contribution in [0.1, 0.15) is 18.9 Å². The zero-order chi connectivity index (χ0) is 22.1. The van der Waals surface area contributed by atoms with E-state index in [0.29, 0.717) is 27.6 Å². The monoisotopic (exact) mass is 430 g/mol. The van der Waals surface area contributed by atoms with Crippen molar-refractivity contribution in [2.75, 3.05) is 39.2 Å². The molecule has 0 aliphatic carbocycles. The Morgan fingerprint density at radius 1 is 1.17 bits per heavy atom. The molecule has 1 unspecified atom stereocenters. The third-order valence-electron chi connectivity index (χ3n) is 4.94. The fourth-order valence-electron chi connectivity index (χ4n) is 3.38. The fourth-order valence-corrected chi connectivity index (χ4v) is 5.74. The molecular weight excluding hydrogens is 403 g/mol. The molecule has 0 amide bonds. The van der Waals surface area contributed by atoms with E-state index in [1.165, 1.54) is 4.67 Å². The van der Waals surface area contributed by atoms with Crippen LogP contribution >= 0.6 is 7.52 Å². The number of rotatable bonds is 8. The van der Waals surface area contributed by atoms with Gasteiger partial charge in [-0.05, 0) is 43.5 Å². The van der Waals surface area contributed by atoms with Gasteiger partial charge in [0.05, 0.1) is 18.3 Å². The Hall–Kier alpha value is -2.60. The van der Waals surface area contributed by atoms with Crippen molar-refractivity contribution >= 4 is 31.1 Å². The van der Waals surface area contributed by atoms with Gasteiger partial charge >= 0.3 is 13.5 Å². The molecule has 1 aliphatic rings. The summed E-state index contributed by atoms with van der Waals surface area (Å²) in [5, 5.41) is 11.0. The average Bonchev–Trinajstić information content (AvgIpc) is 2.69. The van der Waals surface area contributed by atoms with Gasteiger partial charge < -0.3 is 19.3 Å². The molecule has 0 saturated heterocycles. The second-order valence-electron chi connectivity index (χ2n) is 7.32. The number of carboxylic acids is 1. The smallest absolute Gasteiger partial charge is 0.304 e. The van der Waals surface area contributed by atoms with Crippen molar-refractivity contribution in [1.82, 2.24) is 4.67 Å². The Morgan fingerprint density at radius 2 is 1.90 bits per heavy atom. The highest BCUT2D eigenvalue weighted by Crippen LogP contribution is 2.62. The van der Waals surface area contributed by atoms with Crippen molar-refractivity contribution in [1.29, 1.82) is 0 Å². The summed E-state index contributed by atoms with van der Waals surface area (Å²) in [6, 6.07) is 11.1. The normalized spacial score (nSPS) is 14.5. The molecule has 0 spiro atoms. The second kappa shape index (κ2) is 8.64. The molecule has 160 valence electrons. The number of anilines is 1. The SMILES string of the molecule is C=c1ccc2c(c1)Oc1cc(N(C)C)ccc1C=2P(=O)(OCC)N(C)CCC(=O)O. The predicted octanol–water partition coefficient (Wildman–Crippen LogP) is 3.06. The van der Waals surface area contributed by atoms with Gasteiger partial charge in [0.15, 0.2) is 0 Å². The molecule has 2 aromatic carbocycles. The first kappa shape index (κ1) is 22.1. The van der Waals surface area contributed by atoms with Gasteiger partial charge in [-0.25, -0.2) is 4.67 Å². The molecule has 1 N–H and O–H groups in total. The largest absolute Gasteiger partial charge is 0.481 e. The minimum atomic E-state index is -3.59. The summed E-state index contributed by atoms with van der Waals surface area (Å²) < 4.78 is 27.8. The Labute approximate surface area is 176 Å². The zero-order valence-electron chi connectivity index (χ0n) is 17.7. The Morgan fingerprint density at radius 3 is 2.53 bits per heavy atom. The number of hydrogen-bond donors (Lipinski definition) is 1. The van der Waals surface area contributed by atoms with Crippen molar-refractivity contribution in [3.8, 4) is 11.5 Å². The molecule has 3 rings (SSSR count). The van der Waals surface area contributed by atoms with Gasteiger partial charge in [-0.15, -0.1) is 0 Å². The Kier molecular flexibility index (Phi) is 6.36. The van der Waals surface area contributed by atoms with E-state index >= 15 is 0 Å². The van der Waals surface area contributed by atoms with E-state index in [4.69, 9.17) is 14.4 Å². The second-order valence-corrected chi connectivity index (χ2v) is 9.75. The third-order valence-corrected chi connectivity index (χ3v) is 7.70. The number of benzene rings is 2. The first-order valence-corrected chi connectivity index (χ1v) is 11.3. The number of aliphatic carboxylic acids is 1. The van der Waals surface area contributed by atoms with Gasteiger partial charge in [0, 0.05) is 43.2 Å². The topological polar surface area (TPSA) is 79.3 Å². The van der Waals surface area contributed by atoms with E-state index in [0.717, 1.165) is 10.9 Å². The first-order chi connectivity index (χ1) is 14.2. The molecule has 8 heteroatoms. The molecule has 7 nitrogen and oxygen atoms in total. The molecule has 0 saturated carbocycles. The average molecular weight is 430 g/mol. The van der Waals surface area contributed by atoms with E-state index in [9.17, 15) is 9.36 Å². The van der Waals surface area contributed by atoms with Gasteiger partial charge in [0.2, 0.25) is 0 Å². The molecule has 1 aliphatic heterocycles. The lowest BCUT2D eigenvalue weighted by Crippen LogP contribution is -2.26. The summed E-state index contributed by atoms with van der Waals surface area (Å²) in [5.74, 6) is 0.160. The van der Waals surface area contributed by atoms with E-state index < -0.39 is 13.5 Å². The lowest BCUT2D eigenvalue weighted by atomic mass is 10.1. The number of carbonyl (C=O) groups is 1. The van der Waals surface area contributed by atoms with E-state index in [-0.39, 0.29) is 19.6 Å². The standard InChI is InChI=1S/C22H27N2O5P/c1-6-28-30(27,24(5)12-11-21(25)26)22-17-9-7-15(2)13-19(17)29-20-14-16(23(3)4)8-10-18(20)22/h7-10,13-14H,2,6,11-12H2,1,3-5H3,(H,25,26). The number of nitrogens with zero attached hydrogens (tertiary/aromatic N) is 2. The van der Waals surface area contributed by atoms with Crippen LogP contribution in [0.3, 0.4) is 0 Å². The Balaban J connectivity index is 2.29. The third kappa shape index (κ3) is 4.15. The highest BCUT2D eigenvalue weighted by molar-refractivity contribution is 7.67. The highest BCUT2D eigenvalue weighted by Gasteiger charge is 2.39. The summed E-state index contributed by atoms with van der Waals surface area (Å²) in [7, 11) is 1.91. The van der Waals surface area contributed by atoms with Crippen LogP contribution in [0.4, 0.5) is 5.69 Å². The molecule has 0 radical (unpaired) electrons. The summed E-state index contributed by atoms with van der Waals surface area (Å²) in [5.41, 5.74) is 1.61. The quantitative estimate of drug-likeness (QED) is 0.645. The van der Waals surface area contributed by atoms with Crippen molar-refractivity contribution in [2.24, 2.45) is 0 Å². The van der Waals surface area contributed by atoms with Gasteiger partial charge in [-0.3, -0.25) is 9.36 Å².